The largest absolute Gasteiger partial charge is 0.376 e. The van der Waals surface area contributed by atoms with Gasteiger partial charge in [0.2, 0.25) is 5.91 Å². The molecule has 1 saturated heterocycles. The molecule has 0 saturated carbocycles. The smallest absolute Gasteiger partial charge is 0.249 e. The summed E-state index contributed by atoms with van der Waals surface area (Å²) in [6.07, 6.45) is 6.67. The minimum absolute atomic E-state index is 0.0543. The highest BCUT2D eigenvalue weighted by molar-refractivity contribution is 5.80. The number of hydrogen-bond acceptors (Lipinski definition) is 3. The van der Waals surface area contributed by atoms with Gasteiger partial charge < -0.3 is 14.8 Å². The van der Waals surface area contributed by atoms with E-state index in [1.165, 1.54) is 36.0 Å². The molecule has 0 bridgehead atoms. The van der Waals surface area contributed by atoms with Gasteiger partial charge in [0, 0.05) is 13.2 Å². The molecule has 23 heavy (non-hydrogen) atoms. The number of ether oxygens (including phenoxy) is 2. The van der Waals surface area contributed by atoms with Crippen molar-refractivity contribution in [2.24, 2.45) is 0 Å². The van der Waals surface area contributed by atoms with E-state index in [-0.39, 0.29) is 12.0 Å². The van der Waals surface area contributed by atoms with Gasteiger partial charge in [-0.1, -0.05) is 18.2 Å². The van der Waals surface area contributed by atoms with Gasteiger partial charge in [-0.05, 0) is 62.1 Å². The zero-order valence-corrected chi connectivity index (χ0v) is 14.0. The van der Waals surface area contributed by atoms with Crippen molar-refractivity contribution in [1.82, 2.24) is 5.32 Å². The van der Waals surface area contributed by atoms with Crippen molar-refractivity contribution in [3.8, 4) is 0 Å². The Kier molecular flexibility index (Phi) is 5.68. The molecule has 1 fully saturated rings. The maximum absolute atomic E-state index is 12.1. The van der Waals surface area contributed by atoms with Gasteiger partial charge in [-0.3, -0.25) is 4.79 Å². The molecule has 1 aromatic carbocycles. The van der Waals surface area contributed by atoms with Crippen molar-refractivity contribution in [2.45, 2.75) is 64.2 Å². The first-order valence-electron chi connectivity index (χ1n) is 8.84. The summed E-state index contributed by atoms with van der Waals surface area (Å²) >= 11 is 0. The van der Waals surface area contributed by atoms with Crippen LogP contribution in [0.5, 0.6) is 0 Å². The van der Waals surface area contributed by atoms with E-state index >= 15 is 0 Å². The number of amides is 1. The number of nitrogens with one attached hydrogen (secondary N) is 1. The normalized spacial score (nSPS) is 21.7. The molecule has 0 spiro atoms. The molecule has 1 aliphatic heterocycles. The molecule has 4 nitrogen and oxygen atoms in total. The lowest BCUT2D eigenvalue weighted by molar-refractivity contribution is -0.135. The minimum atomic E-state index is -0.435. The molecule has 3 rings (SSSR count). The van der Waals surface area contributed by atoms with Crippen LogP contribution in [0.1, 0.15) is 49.3 Å². The summed E-state index contributed by atoms with van der Waals surface area (Å²) in [5.74, 6) is -0.0543. The molecule has 1 aromatic rings. The van der Waals surface area contributed by atoms with Crippen LogP contribution in [0, 0.1) is 0 Å². The summed E-state index contributed by atoms with van der Waals surface area (Å²) in [7, 11) is 0. The standard InChI is InChI=1S/C19H27NO3/c1-14(23-13-18-7-2-3-10-22-18)19(21)20-12-15-8-9-16-5-4-6-17(16)11-15/h8-9,11,14,18H,2-7,10,12-13H2,1H3,(H,20,21). The number of aryl methyl sites for hydroxylation is 2. The van der Waals surface area contributed by atoms with Crippen molar-refractivity contribution in [3.63, 3.8) is 0 Å². The quantitative estimate of drug-likeness (QED) is 0.877. The van der Waals surface area contributed by atoms with Crippen LogP contribution in [0.3, 0.4) is 0 Å². The van der Waals surface area contributed by atoms with Crippen molar-refractivity contribution in [2.75, 3.05) is 13.2 Å². The first-order valence-corrected chi connectivity index (χ1v) is 8.84. The maximum Gasteiger partial charge on any atom is 0.249 e. The predicted octanol–water partition coefficient (Wildman–Crippen LogP) is 2.77. The van der Waals surface area contributed by atoms with Gasteiger partial charge in [0.15, 0.2) is 0 Å². The molecule has 1 aliphatic carbocycles. The highest BCUT2D eigenvalue weighted by Crippen LogP contribution is 2.22. The van der Waals surface area contributed by atoms with Crippen LogP contribution in [-0.2, 0) is 33.7 Å². The molecule has 0 aromatic heterocycles. The topological polar surface area (TPSA) is 47.6 Å². The van der Waals surface area contributed by atoms with Crippen molar-refractivity contribution >= 4 is 5.91 Å². The second-order valence-electron chi connectivity index (χ2n) is 6.64. The van der Waals surface area contributed by atoms with E-state index in [0.29, 0.717) is 13.2 Å². The highest BCUT2D eigenvalue weighted by Gasteiger charge is 2.19. The van der Waals surface area contributed by atoms with Gasteiger partial charge in [0.1, 0.15) is 6.10 Å². The van der Waals surface area contributed by atoms with Crippen LogP contribution in [0.15, 0.2) is 18.2 Å². The third-order valence-electron chi connectivity index (χ3n) is 4.80. The molecular formula is C19H27NO3. The Morgan fingerprint density at radius 2 is 2.17 bits per heavy atom. The van der Waals surface area contributed by atoms with Crippen molar-refractivity contribution < 1.29 is 14.3 Å². The van der Waals surface area contributed by atoms with Crippen LogP contribution in [-0.4, -0.2) is 31.3 Å². The molecule has 4 heteroatoms. The van der Waals surface area contributed by atoms with Crippen LogP contribution in [0.25, 0.3) is 0 Å². The second kappa shape index (κ2) is 7.93. The van der Waals surface area contributed by atoms with Gasteiger partial charge in [0.05, 0.1) is 12.7 Å². The van der Waals surface area contributed by atoms with Crippen LogP contribution in [0.4, 0.5) is 0 Å². The number of hydrogen-bond donors (Lipinski definition) is 1. The Balaban J connectivity index is 1.41. The van der Waals surface area contributed by atoms with E-state index in [1.54, 1.807) is 6.92 Å². The average Bonchev–Trinajstić information content (AvgIpc) is 3.06. The third-order valence-corrected chi connectivity index (χ3v) is 4.80. The van der Waals surface area contributed by atoms with Crippen LogP contribution < -0.4 is 5.32 Å². The summed E-state index contributed by atoms with van der Waals surface area (Å²) in [5.41, 5.74) is 4.07. The van der Waals surface area contributed by atoms with Crippen LogP contribution >= 0.6 is 0 Å². The lowest BCUT2D eigenvalue weighted by Crippen LogP contribution is -2.36. The Hall–Kier alpha value is -1.39. The molecule has 2 atom stereocenters. The average molecular weight is 317 g/mol. The van der Waals surface area contributed by atoms with Gasteiger partial charge >= 0.3 is 0 Å². The lowest BCUT2D eigenvalue weighted by Gasteiger charge is -2.23. The number of carbonyl (C=O) groups is 1. The fraction of sp³-hybridized carbons (Fsp3) is 0.632. The van der Waals surface area contributed by atoms with E-state index in [4.69, 9.17) is 9.47 Å². The molecule has 1 amide bonds. The number of carbonyl (C=O) groups excluding carboxylic acids is 1. The lowest BCUT2D eigenvalue weighted by atomic mass is 10.1. The first-order chi connectivity index (χ1) is 11.2. The Morgan fingerprint density at radius 1 is 1.30 bits per heavy atom. The molecule has 0 radical (unpaired) electrons. The molecule has 2 unspecified atom stereocenters. The van der Waals surface area contributed by atoms with E-state index in [0.717, 1.165) is 25.9 Å². The first kappa shape index (κ1) is 16.5. The van der Waals surface area contributed by atoms with E-state index in [1.807, 2.05) is 0 Å². The maximum atomic E-state index is 12.1. The zero-order chi connectivity index (χ0) is 16.1. The van der Waals surface area contributed by atoms with Gasteiger partial charge in [-0.2, -0.15) is 0 Å². The summed E-state index contributed by atoms with van der Waals surface area (Å²) in [6.45, 7) is 3.70. The van der Waals surface area contributed by atoms with Gasteiger partial charge in [-0.15, -0.1) is 0 Å². The van der Waals surface area contributed by atoms with E-state index in [2.05, 4.69) is 23.5 Å². The number of benzene rings is 1. The zero-order valence-electron chi connectivity index (χ0n) is 14.0. The Bertz CT molecular complexity index is 537. The summed E-state index contributed by atoms with van der Waals surface area (Å²) in [4.78, 5) is 12.1. The van der Waals surface area contributed by atoms with E-state index in [9.17, 15) is 4.79 Å². The van der Waals surface area contributed by atoms with Crippen molar-refractivity contribution in [3.05, 3.63) is 34.9 Å². The molecular weight excluding hydrogens is 290 g/mol. The molecule has 126 valence electrons. The fourth-order valence-corrected chi connectivity index (χ4v) is 3.33. The Labute approximate surface area is 138 Å². The summed E-state index contributed by atoms with van der Waals surface area (Å²) in [6, 6.07) is 6.54. The monoisotopic (exact) mass is 317 g/mol. The second-order valence-corrected chi connectivity index (χ2v) is 6.64. The van der Waals surface area contributed by atoms with Gasteiger partial charge in [0.25, 0.3) is 0 Å². The van der Waals surface area contributed by atoms with E-state index < -0.39 is 6.10 Å². The molecule has 2 aliphatic rings. The summed E-state index contributed by atoms with van der Waals surface area (Å²) in [5, 5.41) is 2.97. The van der Waals surface area contributed by atoms with Crippen molar-refractivity contribution in [1.29, 1.82) is 0 Å². The minimum Gasteiger partial charge on any atom is -0.376 e. The Morgan fingerprint density at radius 3 is 3.00 bits per heavy atom. The molecule has 1 N–H and O–H groups in total. The van der Waals surface area contributed by atoms with Gasteiger partial charge in [-0.25, -0.2) is 0 Å². The third kappa shape index (κ3) is 4.55. The summed E-state index contributed by atoms with van der Waals surface area (Å²) < 4.78 is 11.3. The fourth-order valence-electron chi connectivity index (χ4n) is 3.33. The highest BCUT2D eigenvalue weighted by atomic mass is 16.5. The number of fused-ring (bicyclic) bond motifs is 1. The number of rotatable bonds is 6. The molecule has 1 heterocycles. The van der Waals surface area contributed by atoms with Crippen LogP contribution in [0.2, 0.25) is 0 Å². The SMILES string of the molecule is CC(OCC1CCCCO1)C(=O)NCc1ccc2c(c1)CCC2. The predicted molar refractivity (Wildman–Crippen MR) is 89.3 cm³/mol.